The number of carboxylic acid groups (broad SMARTS) is 2. The predicted molar refractivity (Wildman–Crippen MR) is 173 cm³/mol. The van der Waals surface area contributed by atoms with Crippen molar-refractivity contribution in [3.63, 3.8) is 0 Å². The van der Waals surface area contributed by atoms with Gasteiger partial charge in [0.25, 0.3) is 20.0 Å². The maximum atomic E-state index is 13.3. The Hall–Kier alpha value is -6.45. The van der Waals surface area contributed by atoms with Crippen LogP contribution in [0.3, 0.4) is 0 Å². The first-order valence-electron chi connectivity index (χ1n) is 14.0. The maximum Gasteiger partial charge on any atom is 0.335 e. The standard InChI is InChI=1S/C30H20N6O12S3/c37-27(38)19-5-13-23(14-6-19)50(43,44)35-29-33-31-25(47-29)17-1-9-21(10-2-17)49(41,42)22-11-3-18(4-12-22)26-32-34-30(48-26)36-51(45,46)24-15-7-20(8-16-24)28(39)40/h1-16H,(H,33,35)(H,34,36)(H,37,38)(H,39,40). The van der Waals surface area contributed by atoms with Gasteiger partial charge in [-0.15, -0.1) is 10.2 Å². The third-order valence-corrected chi connectivity index (χ3v) is 11.4. The first-order chi connectivity index (χ1) is 24.1. The number of carbonyl (C=O) groups is 2. The summed E-state index contributed by atoms with van der Waals surface area (Å²) in [6.45, 7) is 0. The quantitative estimate of drug-likeness (QED) is 0.139. The minimum atomic E-state index is -4.20. The number of rotatable bonds is 12. The molecule has 0 atom stereocenters. The van der Waals surface area contributed by atoms with Gasteiger partial charge in [-0.1, -0.05) is 10.2 Å². The van der Waals surface area contributed by atoms with E-state index in [1.54, 1.807) is 0 Å². The van der Waals surface area contributed by atoms with Gasteiger partial charge in [0, 0.05) is 11.1 Å². The van der Waals surface area contributed by atoms with Crippen LogP contribution in [0.5, 0.6) is 0 Å². The Labute approximate surface area is 287 Å². The largest absolute Gasteiger partial charge is 0.478 e. The fourth-order valence-electron chi connectivity index (χ4n) is 4.35. The molecular formula is C30H20N6O12S3. The zero-order chi connectivity index (χ0) is 36.6. The molecule has 0 aliphatic carbocycles. The van der Waals surface area contributed by atoms with Gasteiger partial charge >= 0.3 is 24.0 Å². The summed E-state index contributed by atoms with van der Waals surface area (Å²) in [4.78, 5) is 21.3. The third kappa shape index (κ3) is 7.29. The summed E-state index contributed by atoms with van der Waals surface area (Å²) in [6, 6.07) is 18.5. The van der Waals surface area contributed by atoms with E-state index in [1.807, 2.05) is 0 Å². The molecule has 0 aliphatic heterocycles. The molecule has 2 aromatic heterocycles. The topological polar surface area (TPSA) is 279 Å². The van der Waals surface area contributed by atoms with Crippen molar-refractivity contribution in [3.8, 4) is 22.9 Å². The van der Waals surface area contributed by atoms with E-state index in [1.165, 1.54) is 48.5 Å². The second kappa shape index (κ2) is 13.1. The molecule has 4 aromatic carbocycles. The van der Waals surface area contributed by atoms with Crippen LogP contribution < -0.4 is 9.44 Å². The second-order valence-corrected chi connectivity index (χ2v) is 15.6. The second-order valence-electron chi connectivity index (χ2n) is 10.2. The summed E-state index contributed by atoms with van der Waals surface area (Å²) in [5.41, 5.74) is 0.332. The number of benzene rings is 4. The van der Waals surface area contributed by atoms with Gasteiger partial charge in [-0.25, -0.2) is 44.3 Å². The Morgan fingerprint density at radius 1 is 0.471 bits per heavy atom. The lowest BCUT2D eigenvalue weighted by molar-refractivity contribution is 0.0686. The number of aromatic carboxylic acids is 2. The van der Waals surface area contributed by atoms with E-state index < -0.39 is 53.9 Å². The summed E-state index contributed by atoms with van der Waals surface area (Å²) in [7, 11) is -12.4. The first kappa shape index (κ1) is 34.4. The molecule has 0 aliphatic rings. The Balaban J connectivity index is 1.12. The molecule has 6 rings (SSSR count). The highest BCUT2D eigenvalue weighted by Gasteiger charge is 2.23. The van der Waals surface area contributed by atoms with Crippen molar-refractivity contribution in [1.82, 2.24) is 20.4 Å². The fourth-order valence-corrected chi connectivity index (χ4v) is 7.46. The summed E-state index contributed by atoms with van der Waals surface area (Å²) >= 11 is 0. The molecule has 21 heteroatoms. The van der Waals surface area contributed by atoms with Gasteiger partial charge in [0.2, 0.25) is 21.6 Å². The molecule has 18 nitrogen and oxygen atoms in total. The Morgan fingerprint density at radius 2 is 0.784 bits per heavy atom. The number of hydrogen-bond acceptors (Lipinski definition) is 14. The van der Waals surface area contributed by atoms with Gasteiger partial charge in [0.15, 0.2) is 0 Å². The average molecular weight is 753 g/mol. The Bertz CT molecular complexity index is 2430. The van der Waals surface area contributed by atoms with E-state index in [-0.39, 0.29) is 53.6 Å². The number of hydrogen-bond donors (Lipinski definition) is 4. The van der Waals surface area contributed by atoms with Gasteiger partial charge < -0.3 is 19.0 Å². The van der Waals surface area contributed by atoms with Crippen LogP contribution in [0.25, 0.3) is 22.9 Å². The lowest BCUT2D eigenvalue weighted by Crippen LogP contribution is -2.13. The zero-order valence-corrected chi connectivity index (χ0v) is 27.7. The lowest BCUT2D eigenvalue weighted by atomic mass is 10.2. The highest BCUT2D eigenvalue weighted by atomic mass is 32.2. The van der Waals surface area contributed by atoms with Crippen molar-refractivity contribution in [3.05, 3.63) is 108 Å². The summed E-state index contributed by atoms with van der Waals surface area (Å²) < 4.78 is 92.2. The van der Waals surface area contributed by atoms with Gasteiger partial charge in [-0.05, 0) is 97.1 Å². The molecule has 0 amide bonds. The van der Waals surface area contributed by atoms with Gasteiger partial charge in [-0.2, -0.15) is 0 Å². The lowest BCUT2D eigenvalue weighted by Gasteiger charge is -2.06. The number of sulfonamides is 2. The minimum Gasteiger partial charge on any atom is -0.478 e. The molecule has 6 aromatic rings. The van der Waals surface area contributed by atoms with Crippen molar-refractivity contribution in [2.24, 2.45) is 0 Å². The smallest absolute Gasteiger partial charge is 0.335 e. The van der Waals surface area contributed by atoms with E-state index in [4.69, 9.17) is 19.0 Å². The molecule has 260 valence electrons. The van der Waals surface area contributed by atoms with Crippen LogP contribution in [0.4, 0.5) is 12.0 Å². The van der Waals surface area contributed by atoms with Crippen LogP contribution in [0.15, 0.2) is 125 Å². The molecule has 51 heavy (non-hydrogen) atoms. The summed E-state index contributed by atoms with van der Waals surface area (Å²) in [5, 5.41) is 32.9. The molecule has 0 spiro atoms. The summed E-state index contributed by atoms with van der Waals surface area (Å²) in [6.07, 6.45) is 0. The Morgan fingerprint density at radius 3 is 1.10 bits per heavy atom. The highest BCUT2D eigenvalue weighted by molar-refractivity contribution is 7.93. The predicted octanol–water partition coefficient (Wildman–Crippen LogP) is 3.62. The van der Waals surface area contributed by atoms with Gasteiger partial charge in [0.1, 0.15) is 0 Å². The number of anilines is 2. The van der Waals surface area contributed by atoms with Crippen LogP contribution in [0.2, 0.25) is 0 Å². The third-order valence-electron chi connectivity index (χ3n) is 6.94. The molecule has 0 unspecified atom stereocenters. The van der Waals surface area contributed by atoms with Crippen LogP contribution in [-0.2, 0) is 29.9 Å². The number of aromatic nitrogens is 4. The molecule has 0 radical (unpaired) electrons. The van der Waals surface area contributed by atoms with Crippen LogP contribution in [0.1, 0.15) is 20.7 Å². The number of carboxylic acids is 2. The fraction of sp³-hybridized carbons (Fsp3) is 0. The van der Waals surface area contributed by atoms with E-state index in [0.717, 1.165) is 48.5 Å². The van der Waals surface area contributed by atoms with E-state index in [0.29, 0.717) is 0 Å². The van der Waals surface area contributed by atoms with Crippen molar-refractivity contribution in [1.29, 1.82) is 0 Å². The van der Waals surface area contributed by atoms with Crippen molar-refractivity contribution < 1.29 is 53.9 Å². The monoisotopic (exact) mass is 752 g/mol. The summed E-state index contributed by atoms with van der Waals surface area (Å²) in [5.74, 6) is -2.70. The van der Waals surface area contributed by atoms with Crippen molar-refractivity contribution in [2.45, 2.75) is 19.6 Å². The number of sulfone groups is 1. The highest BCUT2D eigenvalue weighted by Crippen LogP contribution is 2.28. The van der Waals surface area contributed by atoms with Gasteiger partial charge in [0.05, 0.1) is 30.7 Å². The van der Waals surface area contributed by atoms with E-state index >= 15 is 0 Å². The minimum absolute atomic E-state index is 0.102. The molecular weight excluding hydrogens is 733 g/mol. The molecule has 2 heterocycles. The van der Waals surface area contributed by atoms with Gasteiger partial charge in [-0.3, -0.25) is 0 Å². The molecule has 4 N–H and O–H groups in total. The molecule has 0 bridgehead atoms. The number of nitrogens with one attached hydrogen (secondary N) is 2. The SMILES string of the molecule is O=C(O)c1ccc(S(=O)(=O)Nc2nnc(-c3ccc(S(=O)(=O)c4ccc(-c5nnc(NS(=O)(=O)c6ccc(C(=O)O)cc6)o5)cc4)cc3)o2)cc1. The van der Waals surface area contributed by atoms with E-state index in [2.05, 4.69) is 29.8 Å². The molecule has 0 fully saturated rings. The zero-order valence-electron chi connectivity index (χ0n) is 25.2. The molecule has 0 saturated heterocycles. The van der Waals surface area contributed by atoms with E-state index in [9.17, 15) is 34.8 Å². The Kier molecular flexibility index (Phi) is 8.85. The van der Waals surface area contributed by atoms with Crippen LogP contribution in [-0.4, -0.2) is 67.8 Å². The number of nitrogens with zero attached hydrogens (tertiary/aromatic N) is 4. The molecule has 0 saturated carbocycles. The average Bonchev–Trinajstić information content (AvgIpc) is 3.78. The normalized spacial score (nSPS) is 11.9. The first-order valence-corrected chi connectivity index (χ1v) is 18.4. The van der Waals surface area contributed by atoms with Crippen molar-refractivity contribution >= 4 is 53.9 Å². The van der Waals surface area contributed by atoms with Crippen molar-refractivity contribution in [2.75, 3.05) is 9.44 Å². The van der Waals surface area contributed by atoms with Crippen LogP contribution >= 0.6 is 0 Å². The van der Waals surface area contributed by atoms with Crippen LogP contribution in [0, 0.1) is 0 Å². The maximum absolute atomic E-state index is 13.3.